The first kappa shape index (κ1) is 21.7. The Morgan fingerprint density at radius 3 is 2.28 bits per heavy atom. The topological polar surface area (TPSA) is 54.8 Å². The molecule has 1 fully saturated rings. The number of ether oxygens (including phenoxy) is 1. The van der Waals surface area contributed by atoms with Crippen LogP contribution in [0.5, 0.6) is 5.75 Å². The van der Waals surface area contributed by atoms with E-state index in [-0.39, 0.29) is 18.4 Å². The Hall–Kier alpha value is -3.54. The fourth-order valence-electron chi connectivity index (χ4n) is 4.00. The molecule has 166 valence electrons. The summed E-state index contributed by atoms with van der Waals surface area (Å²) in [5, 5.41) is 0. The molecular weight excluding hydrogens is 402 g/mol. The van der Waals surface area contributed by atoms with E-state index in [1.54, 1.807) is 4.90 Å². The minimum absolute atomic E-state index is 0.00600. The Labute approximate surface area is 189 Å². The molecule has 3 aromatic rings. The Bertz CT molecular complexity index is 1040. The molecule has 2 amide bonds. The van der Waals surface area contributed by atoms with Crippen LogP contribution < -0.4 is 4.74 Å². The van der Waals surface area contributed by atoms with Gasteiger partial charge in [0, 0.05) is 49.8 Å². The molecule has 0 N–H and O–H groups in total. The lowest BCUT2D eigenvalue weighted by atomic mass is 10.1. The zero-order chi connectivity index (χ0) is 22.3. The second-order valence-electron chi connectivity index (χ2n) is 7.91. The fourth-order valence-corrected chi connectivity index (χ4v) is 4.00. The molecule has 1 saturated heterocycles. The van der Waals surface area contributed by atoms with Crippen molar-refractivity contribution in [2.75, 3.05) is 32.8 Å². The first-order valence-electron chi connectivity index (χ1n) is 11.2. The molecular formula is C26H29N3O3. The maximum atomic E-state index is 13.0. The summed E-state index contributed by atoms with van der Waals surface area (Å²) in [7, 11) is 0. The van der Waals surface area contributed by atoms with Gasteiger partial charge in [-0.2, -0.15) is 0 Å². The number of para-hydroxylation sites is 1. The van der Waals surface area contributed by atoms with Crippen molar-refractivity contribution in [3.63, 3.8) is 0 Å². The molecule has 6 nitrogen and oxygen atoms in total. The minimum Gasteiger partial charge on any atom is -0.483 e. The van der Waals surface area contributed by atoms with Crippen LogP contribution in [0, 0.1) is 0 Å². The summed E-state index contributed by atoms with van der Waals surface area (Å²) in [5.41, 5.74) is 2.78. The molecule has 0 unspecified atom stereocenters. The average Bonchev–Trinajstić information content (AvgIpc) is 3.27. The fraction of sp³-hybridized carbons (Fsp3) is 0.308. The van der Waals surface area contributed by atoms with Gasteiger partial charge in [0.1, 0.15) is 5.75 Å². The molecule has 1 aromatic heterocycles. The molecule has 0 radical (unpaired) electrons. The maximum Gasteiger partial charge on any atom is 0.260 e. The monoisotopic (exact) mass is 431 g/mol. The van der Waals surface area contributed by atoms with Gasteiger partial charge in [0.25, 0.3) is 11.8 Å². The van der Waals surface area contributed by atoms with Crippen LogP contribution in [0.15, 0.2) is 73.1 Å². The second-order valence-corrected chi connectivity index (χ2v) is 7.91. The van der Waals surface area contributed by atoms with Gasteiger partial charge in [-0.15, -0.1) is 0 Å². The van der Waals surface area contributed by atoms with Gasteiger partial charge in [-0.05, 0) is 60.9 Å². The van der Waals surface area contributed by atoms with E-state index in [1.165, 1.54) is 0 Å². The van der Waals surface area contributed by atoms with Crippen molar-refractivity contribution < 1.29 is 14.3 Å². The third kappa shape index (κ3) is 5.02. The van der Waals surface area contributed by atoms with E-state index in [0.717, 1.165) is 29.8 Å². The summed E-state index contributed by atoms with van der Waals surface area (Å²) in [4.78, 5) is 29.4. The van der Waals surface area contributed by atoms with Gasteiger partial charge in [0.15, 0.2) is 6.61 Å². The highest BCUT2D eigenvalue weighted by molar-refractivity contribution is 5.94. The van der Waals surface area contributed by atoms with Gasteiger partial charge >= 0.3 is 0 Å². The summed E-state index contributed by atoms with van der Waals surface area (Å²) in [6, 6.07) is 19.4. The van der Waals surface area contributed by atoms with Crippen molar-refractivity contribution in [2.45, 2.75) is 19.8 Å². The lowest BCUT2D eigenvalue weighted by Gasteiger charge is -2.22. The van der Waals surface area contributed by atoms with Crippen LogP contribution in [0.1, 0.15) is 29.3 Å². The van der Waals surface area contributed by atoms with E-state index in [0.29, 0.717) is 31.7 Å². The van der Waals surface area contributed by atoms with Crippen LogP contribution >= 0.6 is 0 Å². The molecule has 2 aromatic carbocycles. The standard InChI is InChI=1S/C26H29N3O3/c1-2-21-8-3-4-9-24(21)32-20-25(30)28-16-7-17-29(19-18-28)26(31)22-10-12-23(13-11-22)27-14-5-6-15-27/h3-6,8-15H,2,7,16-20H2,1H3. The SMILES string of the molecule is CCc1ccccc1OCC(=O)N1CCCN(C(=O)c2ccc(-n3cccc3)cc2)CC1. The van der Waals surface area contributed by atoms with Crippen molar-refractivity contribution in [2.24, 2.45) is 0 Å². The molecule has 0 saturated carbocycles. The highest BCUT2D eigenvalue weighted by Gasteiger charge is 2.23. The van der Waals surface area contributed by atoms with Crippen molar-refractivity contribution in [1.82, 2.24) is 14.4 Å². The van der Waals surface area contributed by atoms with Crippen molar-refractivity contribution in [3.8, 4) is 11.4 Å². The minimum atomic E-state index is -0.0405. The number of nitrogens with zero attached hydrogens (tertiary/aromatic N) is 3. The second kappa shape index (κ2) is 10.2. The molecule has 32 heavy (non-hydrogen) atoms. The van der Waals surface area contributed by atoms with Crippen LogP contribution in [0.3, 0.4) is 0 Å². The molecule has 0 aliphatic carbocycles. The number of benzene rings is 2. The maximum absolute atomic E-state index is 13.0. The molecule has 1 aliphatic rings. The molecule has 6 heteroatoms. The van der Waals surface area contributed by atoms with E-state index in [4.69, 9.17) is 4.74 Å². The number of hydrogen-bond acceptors (Lipinski definition) is 3. The summed E-state index contributed by atoms with van der Waals surface area (Å²) in [5.74, 6) is 0.728. The zero-order valence-corrected chi connectivity index (χ0v) is 18.4. The van der Waals surface area contributed by atoms with Gasteiger partial charge in [0.2, 0.25) is 0 Å². The largest absolute Gasteiger partial charge is 0.483 e. The lowest BCUT2D eigenvalue weighted by molar-refractivity contribution is -0.133. The molecule has 0 spiro atoms. The van der Waals surface area contributed by atoms with Gasteiger partial charge in [-0.3, -0.25) is 9.59 Å². The van der Waals surface area contributed by atoms with Crippen molar-refractivity contribution in [3.05, 3.63) is 84.2 Å². The van der Waals surface area contributed by atoms with E-state index in [2.05, 4.69) is 6.92 Å². The van der Waals surface area contributed by atoms with Crippen molar-refractivity contribution in [1.29, 1.82) is 0 Å². The average molecular weight is 432 g/mol. The third-order valence-corrected chi connectivity index (χ3v) is 5.86. The van der Waals surface area contributed by atoms with E-state index >= 15 is 0 Å². The van der Waals surface area contributed by atoms with Crippen molar-refractivity contribution >= 4 is 11.8 Å². The first-order valence-corrected chi connectivity index (χ1v) is 11.2. The predicted octanol–water partition coefficient (Wildman–Crippen LogP) is 3.79. The number of carbonyl (C=O) groups is 2. The number of hydrogen-bond donors (Lipinski definition) is 0. The van der Waals surface area contributed by atoms with Gasteiger partial charge in [-0.1, -0.05) is 25.1 Å². The highest BCUT2D eigenvalue weighted by atomic mass is 16.5. The van der Waals surface area contributed by atoms with Crippen LogP contribution in [-0.4, -0.2) is 59.0 Å². The van der Waals surface area contributed by atoms with Crippen LogP contribution in [-0.2, 0) is 11.2 Å². The third-order valence-electron chi connectivity index (χ3n) is 5.86. The van der Waals surface area contributed by atoms with Crippen LogP contribution in [0.25, 0.3) is 5.69 Å². The van der Waals surface area contributed by atoms with Gasteiger partial charge in [0.05, 0.1) is 0 Å². The molecule has 0 atom stereocenters. The Morgan fingerprint density at radius 2 is 1.53 bits per heavy atom. The first-order chi connectivity index (χ1) is 15.7. The summed E-state index contributed by atoms with van der Waals surface area (Å²) < 4.78 is 7.80. The van der Waals surface area contributed by atoms with Crippen LogP contribution in [0.2, 0.25) is 0 Å². The molecule has 2 heterocycles. The predicted molar refractivity (Wildman–Crippen MR) is 124 cm³/mol. The summed E-state index contributed by atoms with van der Waals surface area (Å²) in [6.07, 6.45) is 5.56. The number of carbonyl (C=O) groups excluding carboxylic acids is 2. The quantitative estimate of drug-likeness (QED) is 0.597. The summed E-state index contributed by atoms with van der Waals surface area (Å²) in [6.45, 7) is 4.40. The van der Waals surface area contributed by atoms with Gasteiger partial charge < -0.3 is 19.1 Å². The number of aromatic nitrogens is 1. The normalized spacial score (nSPS) is 14.2. The molecule has 1 aliphatic heterocycles. The number of aryl methyl sites for hydroxylation is 1. The Morgan fingerprint density at radius 1 is 0.844 bits per heavy atom. The molecule has 4 rings (SSSR count). The lowest BCUT2D eigenvalue weighted by Crippen LogP contribution is -2.39. The number of rotatable bonds is 6. The summed E-state index contributed by atoms with van der Waals surface area (Å²) >= 11 is 0. The van der Waals surface area contributed by atoms with E-state index in [1.807, 2.05) is 82.5 Å². The molecule has 0 bridgehead atoms. The smallest absolute Gasteiger partial charge is 0.260 e. The highest BCUT2D eigenvalue weighted by Crippen LogP contribution is 2.19. The Kier molecular flexibility index (Phi) is 6.90. The van der Waals surface area contributed by atoms with Crippen LogP contribution in [0.4, 0.5) is 0 Å². The number of amides is 2. The van der Waals surface area contributed by atoms with Gasteiger partial charge in [-0.25, -0.2) is 0 Å². The van der Waals surface area contributed by atoms with E-state index < -0.39 is 0 Å². The van der Waals surface area contributed by atoms with E-state index in [9.17, 15) is 9.59 Å². The Balaban J connectivity index is 1.32. The zero-order valence-electron chi connectivity index (χ0n) is 18.4.